The van der Waals surface area contributed by atoms with Crippen LogP contribution in [0, 0.1) is 11.2 Å². The summed E-state index contributed by atoms with van der Waals surface area (Å²) in [7, 11) is 0. The van der Waals surface area contributed by atoms with E-state index in [-0.39, 0.29) is 23.1 Å². The van der Waals surface area contributed by atoms with Crippen LogP contribution in [0.5, 0.6) is 0 Å². The Morgan fingerprint density at radius 3 is 2.51 bits per heavy atom. The van der Waals surface area contributed by atoms with E-state index in [0.717, 1.165) is 55.6 Å². The molecule has 35 heavy (non-hydrogen) atoms. The number of hydrogen-bond acceptors (Lipinski definition) is 3. The third-order valence-corrected chi connectivity index (χ3v) is 7.54. The Bertz CT molecular complexity index is 1130. The van der Waals surface area contributed by atoms with E-state index in [1.807, 2.05) is 36.4 Å². The molecule has 1 atom stereocenters. The first-order valence-corrected chi connectivity index (χ1v) is 12.7. The van der Waals surface area contributed by atoms with Gasteiger partial charge in [0.15, 0.2) is 0 Å². The van der Waals surface area contributed by atoms with Crippen LogP contribution in [-0.2, 0) is 22.4 Å². The zero-order valence-corrected chi connectivity index (χ0v) is 20.2. The highest BCUT2D eigenvalue weighted by Crippen LogP contribution is 2.38. The lowest BCUT2D eigenvalue weighted by molar-refractivity contribution is -0.149. The minimum absolute atomic E-state index is 0.225. The average Bonchev–Trinajstić information content (AvgIpc) is 2.91. The molecule has 5 heteroatoms. The van der Waals surface area contributed by atoms with E-state index in [2.05, 4.69) is 29.2 Å². The molecular weight excluding hydrogens is 439 g/mol. The van der Waals surface area contributed by atoms with Gasteiger partial charge in [0.05, 0.1) is 5.41 Å². The van der Waals surface area contributed by atoms with Crippen molar-refractivity contribution in [3.05, 3.63) is 101 Å². The molecule has 182 valence electrons. The topological polar surface area (TPSA) is 42.4 Å². The monoisotopic (exact) mass is 472 g/mol. The highest BCUT2D eigenvalue weighted by atomic mass is 19.1. The lowest BCUT2D eigenvalue weighted by atomic mass is 9.73. The van der Waals surface area contributed by atoms with Gasteiger partial charge < -0.3 is 9.64 Å². The highest BCUT2D eigenvalue weighted by molar-refractivity contribution is 5.83. The van der Waals surface area contributed by atoms with E-state index in [0.29, 0.717) is 26.2 Å². The number of hydrogen-bond donors (Lipinski definition) is 0. The summed E-state index contributed by atoms with van der Waals surface area (Å²) in [6, 6.07) is 23.1. The van der Waals surface area contributed by atoms with Crippen molar-refractivity contribution in [3.63, 3.8) is 0 Å². The third kappa shape index (κ3) is 5.62. The number of piperidine rings is 1. The maximum Gasteiger partial charge on any atom is 0.229 e. The molecule has 1 aromatic heterocycles. The number of amides is 1. The smallest absolute Gasteiger partial charge is 0.229 e. The predicted octanol–water partition coefficient (Wildman–Crippen LogP) is 5.56. The van der Waals surface area contributed by atoms with Crippen molar-refractivity contribution < 1.29 is 13.9 Å². The summed E-state index contributed by atoms with van der Waals surface area (Å²) in [5.41, 5.74) is 3.89. The summed E-state index contributed by atoms with van der Waals surface area (Å²) in [5, 5.41) is 0. The average molecular weight is 473 g/mol. The zero-order chi connectivity index (χ0) is 24.1. The Morgan fingerprint density at radius 1 is 0.971 bits per heavy atom. The zero-order valence-electron chi connectivity index (χ0n) is 20.2. The number of carbonyl (C=O) groups excluding carboxylic acids is 1. The molecule has 0 bridgehead atoms. The van der Waals surface area contributed by atoms with E-state index in [4.69, 9.17) is 9.72 Å². The van der Waals surface area contributed by atoms with Crippen LogP contribution in [0.3, 0.4) is 0 Å². The molecule has 2 aromatic carbocycles. The first kappa shape index (κ1) is 23.7. The van der Waals surface area contributed by atoms with E-state index in [9.17, 15) is 9.18 Å². The fraction of sp³-hybridized carbons (Fsp3) is 0.400. The highest BCUT2D eigenvalue weighted by Gasteiger charge is 2.43. The number of pyridine rings is 1. The summed E-state index contributed by atoms with van der Waals surface area (Å²) in [6.07, 6.45) is 5.00. The van der Waals surface area contributed by atoms with Gasteiger partial charge in [-0.15, -0.1) is 0 Å². The number of benzene rings is 2. The van der Waals surface area contributed by atoms with Gasteiger partial charge >= 0.3 is 0 Å². The molecule has 0 radical (unpaired) electrons. The standard InChI is InChI=1S/C30H33FN2O2/c31-26-13-11-23(12-14-26)20-27-9-4-10-28(32-27)25-8-5-17-33(22-25)29(34)30(15-18-35-19-16-30)21-24-6-2-1-3-7-24/h1-4,6-7,9-14,25H,5,8,15-22H2. The van der Waals surface area contributed by atoms with Gasteiger partial charge in [0.2, 0.25) is 5.91 Å². The third-order valence-electron chi connectivity index (χ3n) is 7.54. The summed E-state index contributed by atoms with van der Waals surface area (Å²) in [6.45, 7) is 2.80. The second-order valence-electron chi connectivity index (χ2n) is 10.0. The van der Waals surface area contributed by atoms with E-state index in [1.54, 1.807) is 0 Å². The Hall–Kier alpha value is -3.05. The van der Waals surface area contributed by atoms with Crippen molar-refractivity contribution >= 4 is 5.91 Å². The molecule has 3 heterocycles. The van der Waals surface area contributed by atoms with Crippen molar-refractivity contribution in [1.82, 2.24) is 9.88 Å². The number of halogens is 1. The minimum Gasteiger partial charge on any atom is -0.381 e. The second kappa shape index (κ2) is 10.7. The summed E-state index contributed by atoms with van der Waals surface area (Å²) >= 11 is 0. The van der Waals surface area contributed by atoms with Gasteiger partial charge in [0, 0.05) is 50.0 Å². The number of nitrogens with zero attached hydrogens (tertiary/aromatic N) is 2. The van der Waals surface area contributed by atoms with Crippen molar-refractivity contribution in [2.45, 2.75) is 44.4 Å². The van der Waals surface area contributed by atoms with Crippen LogP contribution in [0.25, 0.3) is 0 Å². The summed E-state index contributed by atoms with van der Waals surface area (Å²) < 4.78 is 18.9. The van der Waals surface area contributed by atoms with E-state index < -0.39 is 0 Å². The minimum atomic E-state index is -0.390. The fourth-order valence-electron chi connectivity index (χ4n) is 5.59. The second-order valence-corrected chi connectivity index (χ2v) is 10.0. The van der Waals surface area contributed by atoms with Crippen LogP contribution in [0.15, 0.2) is 72.8 Å². The Kier molecular flexibility index (Phi) is 7.24. The van der Waals surface area contributed by atoms with Gasteiger partial charge in [-0.2, -0.15) is 0 Å². The molecule has 2 saturated heterocycles. The van der Waals surface area contributed by atoms with Crippen LogP contribution in [0.1, 0.15) is 54.1 Å². The van der Waals surface area contributed by atoms with Crippen LogP contribution in [-0.4, -0.2) is 42.1 Å². The van der Waals surface area contributed by atoms with Gasteiger partial charge in [0.1, 0.15) is 5.82 Å². The van der Waals surface area contributed by atoms with Crippen molar-refractivity contribution in [1.29, 1.82) is 0 Å². The molecule has 0 aliphatic carbocycles. The van der Waals surface area contributed by atoms with Crippen molar-refractivity contribution in [3.8, 4) is 0 Å². The molecular formula is C30H33FN2O2. The molecule has 1 amide bonds. The molecule has 1 unspecified atom stereocenters. The Balaban J connectivity index is 1.31. The molecule has 0 N–H and O–H groups in total. The number of rotatable bonds is 6. The molecule has 2 aliphatic heterocycles. The normalized spacial score (nSPS) is 19.9. The molecule has 4 nitrogen and oxygen atoms in total. The van der Waals surface area contributed by atoms with Crippen LogP contribution < -0.4 is 0 Å². The Morgan fingerprint density at radius 2 is 1.74 bits per heavy atom. The maximum absolute atomic E-state index is 14.0. The number of carbonyl (C=O) groups is 1. The quantitative estimate of drug-likeness (QED) is 0.472. The van der Waals surface area contributed by atoms with Gasteiger partial charge in [-0.1, -0.05) is 48.5 Å². The van der Waals surface area contributed by atoms with Crippen molar-refractivity contribution in [2.24, 2.45) is 5.41 Å². The lowest BCUT2D eigenvalue weighted by Crippen LogP contribution is -2.51. The summed E-state index contributed by atoms with van der Waals surface area (Å²) in [5.74, 6) is 0.281. The fourth-order valence-corrected chi connectivity index (χ4v) is 5.59. The Labute approximate surface area is 207 Å². The van der Waals surface area contributed by atoms with E-state index >= 15 is 0 Å². The van der Waals surface area contributed by atoms with Gasteiger partial charge in [-0.3, -0.25) is 9.78 Å². The van der Waals surface area contributed by atoms with Crippen LogP contribution >= 0.6 is 0 Å². The molecule has 3 aromatic rings. The molecule has 5 rings (SSSR count). The number of aromatic nitrogens is 1. The van der Waals surface area contributed by atoms with Gasteiger partial charge in [0.25, 0.3) is 0 Å². The molecule has 0 spiro atoms. The van der Waals surface area contributed by atoms with Crippen molar-refractivity contribution in [2.75, 3.05) is 26.3 Å². The molecule has 2 fully saturated rings. The number of ether oxygens (including phenoxy) is 1. The SMILES string of the molecule is O=C(N1CCCC(c2cccc(Cc3ccc(F)cc3)n2)C1)C1(Cc2ccccc2)CCOCC1. The summed E-state index contributed by atoms with van der Waals surface area (Å²) in [4.78, 5) is 21.1. The first-order valence-electron chi connectivity index (χ1n) is 12.7. The number of likely N-dealkylation sites (tertiary alicyclic amines) is 1. The molecule has 0 saturated carbocycles. The largest absolute Gasteiger partial charge is 0.381 e. The predicted molar refractivity (Wildman–Crippen MR) is 135 cm³/mol. The van der Waals surface area contributed by atoms with Gasteiger partial charge in [-0.05, 0) is 67.5 Å². The molecule has 2 aliphatic rings. The lowest BCUT2D eigenvalue weighted by Gasteiger charge is -2.42. The van der Waals surface area contributed by atoms with Crippen LogP contribution in [0.4, 0.5) is 4.39 Å². The van der Waals surface area contributed by atoms with E-state index in [1.165, 1.54) is 17.7 Å². The van der Waals surface area contributed by atoms with Crippen LogP contribution in [0.2, 0.25) is 0 Å². The first-order chi connectivity index (χ1) is 17.1. The van der Waals surface area contributed by atoms with Gasteiger partial charge in [-0.25, -0.2) is 4.39 Å². The maximum atomic E-state index is 14.0.